The Hall–Kier alpha value is -2.66. The number of carbonyl (C=O) groups is 2. The van der Waals surface area contributed by atoms with E-state index < -0.39 is 17.8 Å². The Kier molecular flexibility index (Phi) is 8.40. The molecule has 3 atom stereocenters. The van der Waals surface area contributed by atoms with Crippen molar-refractivity contribution in [2.24, 2.45) is 17.6 Å². The van der Waals surface area contributed by atoms with Crippen LogP contribution < -0.4 is 5.73 Å². The molecule has 3 unspecified atom stereocenters. The van der Waals surface area contributed by atoms with Crippen molar-refractivity contribution in [3.05, 3.63) is 71.3 Å². The summed E-state index contributed by atoms with van der Waals surface area (Å²) in [5.74, 6) is -1.11. The van der Waals surface area contributed by atoms with Gasteiger partial charge in [0.05, 0.1) is 5.92 Å². The standard InChI is InChI=1S/C24H32N2O3/c1-4-26(16-22(24(28)29)13-19-9-6-5-7-10-19)15-17(2)18(3)20-11-8-12-21(14-20)23(25)27/h5-12,14,17-18,22H,4,13,15-16H2,1-3H3,(H2,25,27)(H,28,29). The van der Waals surface area contributed by atoms with E-state index in [2.05, 4.69) is 25.7 Å². The molecular weight excluding hydrogens is 364 g/mol. The lowest BCUT2D eigenvalue weighted by molar-refractivity contribution is -0.142. The molecule has 1 amide bonds. The van der Waals surface area contributed by atoms with Crippen molar-refractivity contribution in [1.29, 1.82) is 0 Å². The minimum Gasteiger partial charge on any atom is -0.481 e. The second-order valence-electron chi connectivity index (χ2n) is 7.83. The van der Waals surface area contributed by atoms with E-state index in [4.69, 9.17) is 5.73 Å². The van der Waals surface area contributed by atoms with Gasteiger partial charge < -0.3 is 15.7 Å². The van der Waals surface area contributed by atoms with Crippen LogP contribution >= 0.6 is 0 Å². The van der Waals surface area contributed by atoms with Crippen LogP contribution in [0.4, 0.5) is 0 Å². The number of aliphatic carboxylic acids is 1. The van der Waals surface area contributed by atoms with E-state index in [0.717, 1.165) is 24.2 Å². The smallest absolute Gasteiger partial charge is 0.308 e. The van der Waals surface area contributed by atoms with E-state index in [9.17, 15) is 14.7 Å². The fourth-order valence-corrected chi connectivity index (χ4v) is 3.64. The molecule has 0 fully saturated rings. The fraction of sp³-hybridized carbons (Fsp3) is 0.417. The molecule has 29 heavy (non-hydrogen) atoms. The first kappa shape index (κ1) is 22.6. The molecule has 0 radical (unpaired) electrons. The highest BCUT2D eigenvalue weighted by Gasteiger charge is 2.24. The van der Waals surface area contributed by atoms with Crippen molar-refractivity contribution >= 4 is 11.9 Å². The van der Waals surface area contributed by atoms with Crippen LogP contribution in [0, 0.1) is 11.8 Å². The SMILES string of the molecule is CCN(CC(Cc1ccccc1)C(=O)O)CC(C)C(C)c1cccc(C(N)=O)c1. The van der Waals surface area contributed by atoms with Gasteiger partial charge in [0, 0.05) is 18.7 Å². The number of carboxylic acids is 1. The van der Waals surface area contributed by atoms with Crippen LogP contribution in [0.3, 0.4) is 0 Å². The maximum Gasteiger partial charge on any atom is 0.308 e. The van der Waals surface area contributed by atoms with E-state index in [1.54, 1.807) is 6.07 Å². The van der Waals surface area contributed by atoms with Gasteiger partial charge in [-0.3, -0.25) is 9.59 Å². The molecule has 156 valence electrons. The molecule has 0 aliphatic rings. The van der Waals surface area contributed by atoms with Gasteiger partial charge in [0.25, 0.3) is 0 Å². The summed E-state index contributed by atoms with van der Waals surface area (Å²) < 4.78 is 0. The highest BCUT2D eigenvalue weighted by Crippen LogP contribution is 2.26. The van der Waals surface area contributed by atoms with Crippen molar-refractivity contribution in [3.63, 3.8) is 0 Å². The van der Waals surface area contributed by atoms with Crippen LogP contribution in [0.2, 0.25) is 0 Å². The third-order valence-corrected chi connectivity index (χ3v) is 5.70. The Morgan fingerprint density at radius 2 is 1.72 bits per heavy atom. The molecule has 5 heteroatoms. The third kappa shape index (κ3) is 6.71. The number of nitrogens with two attached hydrogens (primary N) is 1. The maximum atomic E-state index is 11.8. The molecule has 0 aliphatic heterocycles. The molecule has 0 bridgehead atoms. The van der Waals surface area contributed by atoms with Crippen molar-refractivity contribution in [1.82, 2.24) is 4.90 Å². The molecule has 0 saturated carbocycles. The van der Waals surface area contributed by atoms with E-state index in [-0.39, 0.29) is 5.92 Å². The molecule has 2 rings (SSSR count). The van der Waals surface area contributed by atoms with Gasteiger partial charge in [0.15, 0.2) is 0 Å². The Morgan fingerprint density at radius 3 is 2.31 bits per heavy atom. The van der Waals surface area contributed by atoms with Gasteiger partial charge in [-0.25, -0.2) is 0 Å². The Morgan fingerprint density at radius 1 is 1.03 bits per heavy atom. The van der Waals surface area contributed by atoms with E-state index in [1.165, 1.54) is 0 Å². The second-order valence-corrected chi connectivity index (χ2v) is 7.83. The topological polar surface area (TPSA) is 83.6 Å². The van der Waals surface area contributed by atoms with Crippen molar-refractivity contribution in [2.75, 3.05) is 19.6 Å². The van der Waals surface area contributed by atoms with Gasteiger partial charge in [0.1, 0.15) is 0 Å². The lowest BCUT2D eigenvalue weighted by Crippen LogP contribution is -2.37. The average molecular weight is 397 g/mol. The number of carbonyl (C=O) groups excluding carboxylic acids is 1. The number of primary amides is 1. The minimum absolute atomic E-state index is 0.223. The van der Waals surface area contributed by atoms with Crippen LogP contribution in [-0.2, 0) is 11.2 Å². The normalized spacial score (nSPS) is 14.3. The Bertz CT molecular complexity index is 807. The fourth-order valence-electron chi connectivity index (χ4n) is 3.64. The van der Waals surface area contributed by atoms with Gasteiger partial charge in [0.2, 0.25) is 5.91 Å². The first-order valence-corrected chi connectivity index (χ1v) is 10.2. The molecule has 0 aromatic heterocycles. The Labute approximate surface area is 173 Å². The first-order valence-electron chi connectivity index (χ1n) is 10.2. The van der Waals surface area contributed by atoms with Gasteiger partial charge in [-0.15, -0.1) is 0 Å². The number of amides is 1. The maximum absolute atomic E-state index is 11.8. The summed E-state index contributed by atoms with van der Waals surface area (Å²) in [6, 6.07) is 17.2. The monoisotopic (exact) mass is 396 g/mol. The zero-order valence-corrected chi connectivity index (χ0v) is 17.5. The number of benzene rings is 2. The van der Waals surface area contributed by atoms with Crippen LogP contribution in [0.15, 0.2) is 54.6 Å². The van der Waals surface area contributed by atoms with Crippen LogP contribution in [0.5, 0.6) is 0 Å². The summed E-state index contributed by atoms with van der Waals surface area (Å²) in [5.41, 5.74) is 8.04. The van der Waals surface area contributed by atoms with Gasteiger partial charge in [-0.1, -0.05) is 63.2 Å². The number of rotatable bonds is 11. The van der Waals surface area contributed by atoms with Gasteiger partial charge in [-0.2, -0.15) is 0 Å². The second kappa shape index (κ2) is 10.8. The summed E-state index contributed by atoms with van der Waals surface area (Å²) in [7, 11) is 0. The summed E-state index contributed by atoms with van der Waals surface area (Å²) in [6.45, 7) is 8.45. The lowest BCUT2D eigenvalue weighted by atomic mass is 9.87. The molecule has 3 N–H and O–H groups in total. The number of hydrogen-bond donors (Lipinski definition) is 2. The van der Waals surface area contributed by atoms with Gasteiger partial charge >= 0.3 is 5.97 Å². The van der Waals surface area contributed by atoms with Crippen molar-refractivity contribution < 1.29 is 14.7 Å². The predicted molar refractivity (Wildman–Crippen MR) is 116 cm³/mol. The molecular formula is C24H32N2O3. The quantitative estimate of drug-likeness (QED) is 0.605. The summed E-state index contributed by atoms with van der Waals surface area (Å²) in [6.07, 6.45) is 0.525. The lowest BCUT2D eigenvalue weighted by Gasteiger charge is -2.30. The third-order valence-electron chi connectivity index (χ3n) is 5.70. The molecule has 0 spiro atoms. The number of carboxylic acid groups (broad SMARTS) is 1. The highest BCUT2D eigenvalue weighted by molar-refractivity contribution is 5.92. The Balaban J connectivity index is 2.04. The molecule has 0 heterocycles. The summed E-state index contributed by atoms with van der Waals surface area (Å²) in [5, 5.41) is 9.71. The van der Waals surface area contributed by atoms with Crippen LogP contribution in [0.1, 0.15) is 48.2 Å². The van der Waals surface area contributed by atoms with Gasteiger partial charge in [-0.05, 0) is 48.1 Å². The van der Waals surface area contributed by atoms with Crippen LogP contribution in [-0.4, -0.2) is 41.5 Å². The largest absolute Gasteiger partial charge is 0.481 e. The molecule has 2 aromatic carbocycles. The number of hydrogen-bond acceptors (Lipinski definition) is 3. The summed E-state index contributed by atoms with van der Waals surface area (Å²) in [4.78, 5) is 25.5. The summed E-state index contributed by atoms with van der Waals surface area (Å²) >= 11 is 0. The van der Waals surface area contributed by atoms with E-state index in [0.29, 0.717) is 24.4 Å². The zero-order chi connectivity index (χ0) is 21.4. The first-order chi connectivity index (χ1) is 13.8. The number of nitrogens with zero attached hydrogens (tertiary/aromatic N) is 1. The van der Waals surface area contributed by atoms with Crippen molar-refractivity contribution in [3.8, 4) is 0 Å². The van der Waals surface area contributed by atoms with Crippen molar-refractivity contribution in [2.45, 2.75) is 33.1 Å². The zero-order valence-electron chi connectivity index (χ0n) is 17.5. The van der Waals surface area contributed by atoms with Crippen LogP contribution in [0.25, 0.3) is 0 Å². The van der Waals surface area contributed by atoms with E-state index >= 15 is 0 Å². The highest BCUT2D eigenvalue weighted by atomic mass is 16.4. The predicted octanol–water partition coefficient (Wildman–Crippen LogP) is 3.79. The molecule has 5 nitrogen and oxygen atoms in total. The van der Waals surface area contributed by atoms with E-state index in [1.807, 2.05) is 48.5 Å². The average Bonchev–Trinajstić information content (AvgIpc) is 2.72. The molecule has 0 aliphatic carbocycles. The minimum atomic E-state index is -0.762. The molecule has 0 saturated heterocycles. The molecule has 2 aromatic rings.